The Kier molecular flexibility index (Phi) is 5.45. The van der Waals surface area contributed by atoms with E-state index in [0.29, 0.717) is 18.2 Å². The number of carbonyl (C=O) groups excluding carboxylic acids is 3. The monoisotopic (exact) mass is 428 g/mol. The molecule has 1 aromatic carbocycles. The summed E-state index contributed by atoms with van der Waals surface area (Å²) in [5.41, 5.74) is 7.26. The van der Waals surface area contributed by atoms with E-state index in [4.69, 9.17) is 10.5 Å². The van der Waals surface area contributed by atoms with Gasteiger partial charge in [-0.3, -0.25) is 19.4 Å². The maximum atomic E-state index is 13.2. The molecular formula is C23H32N4O4. The fraction of sp³-hybridized carbons (Fsp3) is 0.609. The van der Waals surface area contributed by atoms with Crippen LogP contribution in [0.2, 0.25) is 0 Å². The van der Waals surface area contributed by atoms with Crippen molar-refractivity contribution in [2.45, 2.75) is 63.6 Å². The van der Waals surface area contributed by atoms with Crippen LogP contribution in [0.5, 0.6) is 0 Å². The number of nitrogens with zero attached hydrogens (tertiary/aromatic N) is 2. The first kappa shape index (κ1) is 21.6. The Bertz CT molecular complexity index is 896. The van der Waals surface area contributed by atoms with Crippen molar-refractivity contribution in [3.05, 3.63) is 29.8 Å². The lowest BCUT2D eigenvalue weighted by Crippen LogP contribution is -2.63. The van der Waals surface area contributed by atoms with Crippen LogP contribution in [-0.4, -0.2) is 54.1 Å². The van der Waals surface area contributed by atoms with Gasteiger partial charge >= 0.3 is 6.09 Å². The van der Waals surface area contributed by atoms with Crippen molar-refractivity contribution in [1.29, 1.82) is 0 Å². The van der Waals surface area contributed by atoms with Gasteiger partial charge in [0.15, 0.2) is 0 Å². The maximum Gasteiger partial charge on any atom is 0.410 e. The number of anilines is 1. The third kappa shape index (κ3) is 4.39. The van der Waals surface area contributed by atoms with Crippen LogP contribution in [0.25, 0.3) is 0 Å². The van der Waals surface area contributed by atoms with Crippen LogP contribution >= 0.6 is 0 Å². The molecular weight excluding hydrogens is 396 g/mol. The van der Waals surface area contributed by atoms with Gasteiger partial charge in [-0.1, -0.05) is 18.6 Å². The molecule has 3 atom stereocenters. The highest BCUT2D eigenvalue weighted by molar-refractivity contribution is 6.04. The Morgan fingerprint density at radius 3 is 2.77 bits per heavy atom. The standard InChI is InChI=1S/C23H32N4O4/c1-22(2,3)31-21(30)26-13-18-20(29)25-10-5-4-7-16-12-23(16,24)15-8-6-9-17(11-15)27(18)19(28)14-26/h6,8-9,11,16,18H,4-5,7,10,12-14,24H2,1-3H3,(H,25,29)/t16?,18-,23?/m0/s1. The number of ether oxygens (including phenoxy) is 1. The molecule has 2 bridgehead atoms. The smallest absolute Gasteiger partial charge is 0.410 e. The average molecular weight is 429 g/mol. The number of nitrogens with two attached hydrogens (primary N) is 1. The van der Waals surface area contributed by atoms with Gasteiger partial charge < -0.3 is 15.8 Å². The van der Waals surface area contributed by atoms with Crippen molar-refractivity contribution in [1.82, 2.24) is 10.2 Å². The van der Waals surface area contributed by atoms with Crippen LogP contribution in [0.4, 0.5) is 10.5 Å². The van der Waals surface area contributed by atoms with E-state index in [9.17, 15) is 14.4 Å². The van der Waals surface area contributed by atoms with E-state index in [1.807, 2.05) is 24.3 Å². The molecule has 2 fully saturated rings. The Morgan fingerprint density at radius 1 is 1.26 bits per heavy atom. The van der Waals surface area contributed by atoms with Crippen LogP contribution in [0.3, 0.4) is 0 Å². The van der Waals surface area contributed by atoms with Gasteiger partial charge in [0.1, 0.15) is 18.2 Å². The van der Waals surface area contributed by atoms with Gasteiger partial charge in [0.05, 0.1) is 6.54 Å². The third-order valence-electron chi connectivity index (χ3n) is 6.35. The number of carbonyl (C=O) groups is 3. The maximum absolute atomic E-state index is 13.2. The van der Waals surface area contributed by atoms with Crippen LogP contribution in [0, 0.1) is 5.92 Å². The minimum Gasteiger partial charge on any atom is -0.444 e. The molecule has 1 saturated heterocycles. The third-order valence-corrected chi connectivity index (χ3v) is 6.35. The Morgan fingerprint density at radius 2 is 2.03 bits per heavy atom. The zero-order chi connectivity index (χ0) is 22.4. The lowest BCUT2D eigenvalue weighted by molar-refractivity contribution is -0.130. The minimum atomic E-state index is -0.825. The summed E-state index contributed by atoms with van der Waals surface area (Å²) in [5, 5.41) is 2.95. The molecule has 2 heterocycles. The number of hydrogen-bond acceptors (Lipinski definition) is 5. The summed E-state index contributed by atoms with van der Waals surface area (Å²) in [6.45, 7) is 5.79. The summed E-state index contributed by atoms with van der Waals surface area (Å²) in [7, 11) is 0. The second-order valence-corrected chi connectivity index (χ2v) is 9.92. The molecule has 3 N–H and O–H groups in total. The number of hydrogen-bond donors (Lipinski definition) is 2. The number of benzene rings is 1. The summed E-state index contributed by atoms with van der Waals surface area (Å²) >= 11 is 0. The van der Waals surface area contributed by atoms with Crippen LogP contribution in [0.1, 0.15) is 52.0 Å². The van der Waals surface area contributed by atoms with Gasteiger partial charge in [0, 0.05) is 17.8 Å². The molecule has 2 aliphatic heterocycles. The lowest BCUT2D eigenvalue weighted by Gasteiger charge is -2.40. The van der Waals surface area contributed by atoms with Gasteiger partial charge in [-0.25, -0.2) is 4.79 Å². The van der Waals surface area contributed by atoms with Gasteiger partial charge in [0.2, 0.25) is 11.8 Å². The van der Waals surface area contributed by atoms with Crippen molar-refractivity contribution >= 4 is 23.6 Å². The molecule has 0 aromatic heterocycles. The molecule has 8 heteroatoms. The molecule has 0 radical (unpaired) electrons. The fourth-order valence-corrected chi connectivity index (χ4v) is 4.61. The van der Waals surface area contributed by atoms with Gasteiger partial charge in [-0.15, -0.1) is 0 Å². The first-order chi connectivity index (χ1) is 14.6. The number of nitrogens with one attached hydrogen (secondary N) is 1. The van der Waals surface area contributed by atoms with Crippen molar-refractivity contribution < 1.29 is 19.1 Å². The van der Waals surface area contributed by atoms with E-state index in [-0.39, 0.29) is 30.4 Å². The van der Waals surface area contributed by atoms with Crippen LogP contribution in [0.15, 0.2) is 24.3 Å². The van der Waals surface area contributed by atoms with Gasteiger partial charge in [-0.2, -0.15) is 0 Å². The van der Waals surface area contributed by atoms with Crippen LogP contribution < -0.4 is 16.0 Å². The Labute approximate surface area is 183 Å². The van der Waals surface area contributed by atoms with Crippen molar-refractivity contribution in [3.8, 4) is 0 Å². The fourth-order valence-electron chi connectivity index (χ4n) is 4.61. The largest absolute Gasteiger partial charge is 0.444 e. The highest BCUT2D eigenvalue weighted by Crippen LogP contribution is 2.52. The zero-order valence-corrected chi connectivity index (χ0v) is 18.5. The molecule has 2 unspecified atom stereocenters. The number of piperazine rings is 1. The molecule has 3 aliphatic rings. The molecule has 4 rings (SSSR count). The molecule has 1 aromatic rings. The number of fused-ring (bicyclic) bond motifs is 6. The molecule has 31 heavy (non-hydrogen) atoms. The van der Waals surface area contributed by atoms with Gasteiger partial charge in [0.25, 0.3) is 0 Å². The second-order valence-electron chi connectivity index (χ2n) is 9.92. The predicted octanol–water partition coefficient (Wildman–Crippen LogP) is 2.11. The topological polar surface area (TPSA) is 105 Å². The first-order valence-corrected chi connectivity index (χ1v) is 11.1. The minimum absolute atomic E-state index is 0.0765. The quantitative estimate of drug-likeness (QED) is 0.659. The average Bonchev–Trinajstić information content (AvgIpc) is 3.36. The lowest BCUT2D eigenvalue weighted by atomic mass is 9.99. The van der Waals surface area contributed by atoms with E-state index >= 15 is 0 Å². The number of rotatable bonds is 0. The number of amides is 3. The molecule has 1 saturated carbocycles. The van der Waals surface area contributed by atoms with E-state index in [0.717, 1.165) is 31.2 Å². The molecule has 3 amide bonds. The van der Waals surface area contributed by atoms with Crippen molar-refractivity contribution in [2.24, 2.45) is 11.7 Å². The highest BCUT2D eigenvalue weighted by Gasteiger charge is 2.51. The Hall–Kier alpha value is -2.61. The van der Waals surface area contributed by atoms with Crippen LogP contribution in [-0.2, 0) is 19.9 Å². The summed E-state index contributed by atoms with van der Waals surface area (Å²) in [6.07, 6.45) is 3.21. The molecule has 168 valence electrons. The molecule has 1 aliphatic carbocycles. The molecule has 8 nitrogen and oxygen atoms in total. The Balaban J connectivity index is 1.66. The SMILES string of the molecule is CC(C)(C)OC(=O)N1CC(=O)N2c3cccc(c3)C3(N)CC3CCCCNC(=O)[C@@H]2C1. The first-order valence-electron chi connectivity index (χ1n) is 11.1. The van der Waals surface area contributed by atoms with Crippen molar-refractivity contribution in [2.75, 3.05) is 24.5 Å². The predicted molar refractivity (Wildman–Crippen MR) is 116 cm³/mol. The summed E-state index contributed by atoms with van der Waals surface area (Å²) in [6, 6.07) is 6.81. The van der Waals surface area contributed by atoms with E-state index in [1.54, 1.807) is 20.8 Å². The zero-order valence-electron chi connectivity index (χ0n) is 18.5. The van der Waals surface area contributed by atoms with E-state index < -0.39 is 17.7 Å². The van der Waals surface area contributed by atoms with Crippen molar-refractivity contribution in [3.63, 3.8) is 0 Å². The normalized spacial score (nSPS) is 28.9. The summed E-state index contributed by atoms with van der Waals surface area (Å²) < 4.78 is 5.44. The van der Waals surface area contributed by atoms with Gasteiger partial charge in [-0.05, 0) is 63.6 Å². The summed E-state index contributed by atoms with van der Waals surface area (Å²) in [5.74, 6) is -0.156. The second kappa shape index (κ2) is 7.82. The molecule has 0 spiro atoms. The summed E-state index contributed by atoms with van der Waals surface area (Å²) in [4.78, 5) is 41.7. The highest BCUT2D eigenvalue weighted by atomic mass is 16.6. The van der Waals surface area contributed by atoms with E-state index in [1.165, 1.54) is 9.80 Å². The van der Waals surface area contributed by atoms with E-state index in [2.05, 4.69) is 5.32 Å².